The first-order chi connectivity index (χ1) is 8.19. The maximum absolute atomic E-state index is 13.6. The minimum atomic E-state index is -0.280. The largest absolute Gasteiger partial charge is 0.497 e. The van der Waals surface area contributed by atoms with Crippen LogP contribution in [0.4, 0.5) is 4.39 Å². The maximum atomic E-state index is 13.6. The number of β-amino-alcohol motifs (C(OH)–C–C–N with tert-alkyl or cyclic N) is 1. The second kappa shape index (κ2) is 5.47. The average Bonchev–Trinajstić information content (AvgIpc) is 2.32. The van der Waals surface area contributed by atoms with Crippen LogP contribution in [0.25, 0.3) is 0 Å². The van der Waals surface area contributed by atoms with E-state index >= 15 is 0 Å². The standard InChI is InChI=1S/C13H18FNO2/c1-17-12-4-5-13(14)10(7-12)8-15-6-2-3-11(16)9-15/h4-5,7,11,16H,2-3,6,8-9H2,1H3/t11-/m1/s1. The normalized spacial score (nSPS) is 21.5. The summed E-state index contributed by atoms with van der Waals surface area (Å²) in [7, 11) is 1.57. The number of nitrogens with zero attached hydrogens (tertiary/aromatic N) is 1. The van der Waals surface area contributed by atoms with Crippen molar-refractivity contribution >= 4 is 0 Å². The molecule has 3 nitrogen and oxygen atoms in total. The van der Waals surface area contributed by atoms with Gasteiger partial charge < -0.3 is 9.84 Å². The Morgan fingerprint density at radius 3 is 3.06 bits per heavy atom. The lowest BCUT2D eigenvalue weighted by molar-refractivity contribution is 0.0662. The lowest BCUT2D eigenvalue weighted by Gasteiger charge is -2.30. The van der Waals surface area contributed by atoms with Crippen molar-refractivity contribution < 1.29 is 14.2 Å². The predicted octanol–water partition coefficient (Wildman–Crippen LogP) is 1.79. The molecule has 4 heteroatoms. The molecule has 1 atom stereocenters. The topological polar surface area (TPSA) is 32.7 Å². The Hall–Kier alpha value is -1.13. The van der Waals surface area contributed by atoms with E-state index in [2.05, 4.69) is 4.90 Å². The lowest BCUT2D eigenvalue weighted by atomic mass is 10.1. The minimum Gasteiger partial charge on any atom is -0.497 e. The fraction of sp³-hybridized carbons (Fsp3) is 0.538. The number of aliphatic hydroxyl groups excluding tert-OH is 1. The van der Waals surface area contributed by atoms with Gasteiger partial charge in [0.05, 0.1) is 13.2 Å². The third-order valence-electron chi connectivity index (χ3n) is 3.13. The molecule has 1 heterocycles. The number of piperidine rings is 1. The van der Waals surface area contributed by atoms with Gasteiger partial charge in [0.15, 0.2) is 0 Å². The summed E-state index contributed by atoms with van der Waals surface area (Å²) in [6.45, 7) is 2.06. The molecule has 1 aromatic carbocycles. The van der Waals surface area contributed by atoms with Crippen molar-refractivity contribution in [3.05, 3.63) is 29.6 Å². The second-order valence-corrected chi connectivity index (χ2v) is 4.49. The van der Waals surface area contributed by atoms with Gasteiger partial charge in [-0.3, -0.25) is 4.90 Å². The number of halogens is 1. The van der Waals surface area contributed by atoms with Crippen LogP contribution in [0.2, 0.25) is 0 Å². The van der Waals surface area contributed by atoms with Crippen LogP contribution in [0.3, 0.4) is 0 Å². The van der Waals surface area contributed by atoms with Gasteiger partial charge in [-0.1, -0.05) is 0 Å². The van der Waals surface area contributed by atoms with Crippen LogP contribution in [-0.2, 0) is 6.54 Å². The zero-order valence-corrected chi connectivity index (χ0v) is 10.0. The molecule has 1 fully saturated rings. The van der Waals surface area contributed by atoms with E-state index in [1.54, 1.807) is 19.2 Å². The third-order valence-corrected chi connectivity index (χ3v) is 3.13. The van der Waals surface area contributed by atoms with Crippen LogP contribution in [0.15, 0.2) is 18.2 Å². The quantitative estimate of drug-likeness (QED) is 0.873. The van der Waals surface area contributed by atoms with Gasteiger partial charge in [-0.15, -0.1) is 0 Å². The van der Waals surface area contributed by atoms with Crippen LogP contribution in [0, 0.1) is 5.82 Å². The number of rotatable bonds is 3. The molecular formula is C13H18FNO2. The molecule has 1 saturated heterocycles. The van der Waals surface area contributed by atoms with Crippen molar-refractivity contribution in [3.8, 4) is 5.75 Å². The van der Waals surface area contributed by atoms with Crippen LogP contribution in [-0.4, -0.2) is 36.3 Å². The van der Waals surface area contributed by atoms with Gasteiger partial charge in [-0.25, -0.2) is 4.39 Å². The summed E-state index contributed by atoms with van der Waals surface area (Å²) in [5.74, 6) is 0.449. The molecular weight excluding hydrogens is 221 g/mol. The van der Waals surface area contributed by atoms with Gasteiger partial charge in [-0.05, 0) is 37.6 Å². The molecule has 0 amide bonds. The smallest absolute Gasteiger partial charge is 0.127 e. The Kier molecular flexibility index (Phi) is 3.97. The first-order valence-corrected chi connectivity index (χ1v) is 5.92. The zero-order chi connectivity index (χ0) is 12.3. The fourth-order valence-corrected chi connectivity index (χ4v) is 2.21. The molecule has 17 heavy (non-hydrogen) atoms. The SMILES string of the molecule is COc1ccc(F)c(CN2CCC[C@@H](O)C2)c1. The van der Waals surface area contributed by atoms with Crippen molar-refractivity contribution in [2.45, 2.75) is 25.5 Å². The Bertz CT molecular complexity index is 384. The van der Waals surface area contributed by atoms with E-state index in [1.165, 1.54) is 6.07 Å². The Morgan fingerprint density at radius 2 is 2.35 bits per heavy atom. The molecule has 0 aromatic heterocycles. The van der Waals surface area contributed by atoms with Crippen molar-refractivity contribution in [1.29, 1.82) is 0 Å². The molecule has 0 unspecified atom stereocenters. The molecule has 1 aliphatic rings. The Labute approximate surface area is 101 Å². The lowest BCUT2D eigenvalue weighted by Crippen LogP contribution is -2.37. The monoisotopic (exact) mass is 239 g/mol. The molecule has 0 aliphatic carbocycles. The van der Waals surface area contributed by atoms with E-state index < -0.39 is 0 Å². The van der Waals surface area contributed by atoms with E-state index in [-0.39, 0.29) is 11.9 Å². The molecule has 0 radical (unpaired) electrons. The summed E-state index contributed by atoms with van der Waals surface area (Å²) >= 11 is 0. The van der Waals surface area contributed by atoms with Crippen molar-refractivity contribution in [3.63, 3.8) is 0 Å². The Balaban J connectivity index is 2.06. The van der Waals surface area contributed by atoms with Crippen LogP contribution in [0.1, 0.15) is 18.4 Å². The second-order valence-electron chi connectivity index (χ2n) is 4.49. The number of hydrogen-bond acceptors (Lipinski definition) is 3. The van der Waals surface area contributed by atoms with Gasteiger partial charge in [0.2, 0.25) is 0 Å². The molecule has 94 valence electrons. The molecule has 1 N–H and O–H groups in total. The van der Waals surface area contributed by atoms with Crippen LogP contribution < -0.4 is 4.74 Å². The van der Waals surface area contributed by atoms with E-state index in [0.717, 1.165) is 19.4 Å². The maximum Gasteiger partial charge on any atom is 0.127 e. The summed E-state index contributed by atoms with van der Waals surface area (Å²) in [5.41, 5.74) is 0.624. The highest BCUT2D eigenvalue weighted by Gasteiger charge is 2.18. The molecule has 0 spiro atoms. The summed E-state index contributed by atoms with van der Waals surface area (Å²) in [6.07, 6.45) is 1.53. The number of aliphatic hydroxyl groups is 1. The van der Waals surface area contributed by atoms with E-state index in [0.29, 0.717) is 24.4 Å². The third kappa shape index (κ3) is 3.17. The van der Waals surface area contributed by atoms with Crippen molar-refractivity contribution in [1.82, 2.24) is 4.90 Å². The van der Waals surface area contributed by atoms with E-state index in [4.69, 9.17) is 4.74 Å². The zero-order valence-electron chi connectivity index (χ0n) is 10.0. The van der Waals surface area contributed by atoms with Crippen molar-refractivity contribution in [2.75, 3.05) is 20.2 Å². The summed E-state index contributed by atoms with van der Waals surface area (Å²) in [5, 5.41) is 9.57. The van der Waals surface area contributed by atoms with Gasteiger partial charge in [0, 0.05) is 18.7 Å². The molecule has 0 bridgehead atoms. The first-order valence-electron chi connectivity index (χ1n) is 5.92. The summed E-state index contributed by atoms with van der Waals surface area (Å²) in [6, 6.07) is 4.76. The average molecular weight is 239 g/mol. The molecule has 1 aliphatic heterocycles. The molecule has 1 aromatic rings. The number of benzene rings is 1. The first kappa shape index (κ1) is 12.3. The highest BCUT2D eigenvalue weighted by molar-refractivity contribution is 5.29. The van der Waals surface area contributed by atoms with Gasteiger partial charge in [-0.2, -0.15) is 0 Å². The van der Waals surface area contributed by atoms with Crippen LogP contribution >= 0.6 is 0 Å². The van der Waals surface area contributed by atoms with Gasteiger partial charge >= 0.3 is 0 Å². The van der Waals surface area contributed by atoms with Gasteiger partial charge in [0.25, 0.3) is 0 Å². The minimum absolute atomic E-state index is 0.217. The summed E-state index contributed by atoms with van der Waals surface area (Å²) < 4.78 is 18.7. The number of ether oxygens (including phenoxy) is 1. The number of methoxy groups -OCH3 is 1. The van der Waals surface area contributed by atoms with Crippen molar-refractivity contribution in [2.24, 2.45) is 0 Å². The number of hydrogen-bond donors (Lipinski definition) is 1. The fourth-order valence-electron chi connectivity index (χ4n) is 2.21. The summed E-state index contributed by atoms with van der Waals surface area (Å²) in [4.78, 5) is 2.08. The van der Waals surface area contributed by atoms with E-state index in [9.17, 15) is 9.50 Å². The highest BCUT2D eigenvalue weighted by Crippen LogP contribution is 2.20. The highest BCUT2D eigenvalue weighted by atomic mass is 19.1. The Morgan fingerprint density at radius 1 is 1.53 bits per heavy atom. The van der Waals surface area contributed by atoms with E-state index in [1.807, 2.05) is 0 Å². The number of likely N-dealkylation sites (tertiary alicyclic amines) is 1. The molecule has 2 rings (SSSR count). The predicted molar refractivity (Wildman–Crippen MR) is 63.5 cm³/mol. The van der Waals surface area contributed by atoms with Crippen LogP contribution in [0.5, 0.6) is 5.75 Å². The molecule has 0 saturated carbocycles. The van der Waals surface area contributed by atoms with Gasteiger partial charge in [0.1, 0.15) is 11.6 Å².